The first-order chi connectivity index (χ1) is 8.94. The Kier molecular flexibility index (Phi) is 6.24. The van der Waals surface area contributed by atoms with Crippen LogP contribution in [0.1, 0.15) is 25.3 Å². The molecule has 0 atom stereocenters. The van der Waals surface area contributed by atoms with Crippen LogP contribution < -0.4 is 10.0 Å². The van der Waals surface area contributed by atoms with E-state index in [0.29, 0.717) is 13.0 Å². The van der Waals surface area contributed by atoms with E-state index >= 15 is 0 Å². The molecular weight excluding hydrogens is 267 g/mol. The highest BCUT2D eigenvalue weighted by atomic mass is 32.2. The highest BCUT2D eigenvalue weighted by Gasteiger charge is 2.12. The molecule has 1 aromatic carbocycles. The first-order valence-electron chi connectivity index (χ1n) is 6.42. The normalized spacial score (nSPS) is 11.5. The monoisotopic (exact) mass is 288 g/mol. The fourth-order valence-electron chi connectivity index (χ4n) is 1.62. The van der Waals surface area contributed by atoms with Gasteiger partial charge in [0.15, 0.2) is 0 Å². The highest BCUT2D eigenvalue weighted by Crippen LogP contribution is 2.17. The zero-order valence-electron chi connectivity index (χ0n) is 11.4. The summed E-state index contributed by atoms with van der Waals surface area (Å²) in [5, 5.41) is 3.13. The Hall–Kier alpha value is -1.14. The van der Waals surface area contributed by atoms with Gasteiger partial charge in [-0.3, -0.25) is 4.72 Å². The number of halogens is 1. The lowest BCUT2D eigenvalue weighted by molar-refractivity contribution is 0.591. The molecule has 0 aliphatic heterocycles. The number of sulfonamides is 1. The van der Waals surface area contributed by atoms with Crippen molar-refractivity contribution in [2.45, 2.75) is 26.7 Å². The van der Waals surface area contributed by atoms with E-state index in [4.69, 9.17) is 0 Å². The fourth-order valence-corrected chi connectivity index (χ4v) is 2.74. The summed E-state index contributed by atoms with van der Waals surface area (Å²) in [5.41, 5.74) is 0.824. The van der Waals surface area contributed by atoms with Crippen LogP contribution in [0.15, 0.2) is 18.2 Å². The second-order valence-corrected chi connectivity index (χ2v) is 6.35. The quantitative estimate of drug-likeness (QED) is 0.721. The molecule has 0 aliphatic rings. The molecule has 0 unspecified atom stereocenters. The standard InChI is InChI=1S/C13H21FN2O2S/c1-3-7-15-8-4-9-19(17,18)16-13-10-11(2)5-6-12(13)14/h5-6,10,15-16H,3-4,7-9H2,1-2H3. The van der Waals surface area contributed by atoms with Gasteiger partial charge in [0.2, 0.25) is 10.0 Å². The maximum atomic E-state index is 13.4. The molecule has 0 saturated heterocycles. The van der Waals surface area contributed by atoms with Crippen LogP contribution in [-0.4, -0.2) is 27.3 Å². The maximum Gasteiger partial charge on any atom is 0.232 e. The zero-order valence-corrected chi connectivity index (χ0v) is 12.2. The van der Waals surface area contributed by atoms with Crippen LogP contribution in [0.3, 0.4) is 0 Å². The van der Waals surface area contributed by atoms with Gasteiger partial charge in [0.25, 0.3) is 0 Å². The van der Waals surface area contributed by atoms with Gasteiger partial charge in [-0.05, 0) is 50.6 Å². The molecular formula is C13H21FN2O2S. The molecule has 0 aliphatic carbocycles. The van der Waals surface area contributed by atoms with Crippen molar-refractivity contribution in [3.8, 4) is 0 Å². The number of nitrogens with one attached hydrogen (secondary N) is 2. The van der Waals surface area contributed by atoms with Gasteiger partial charge in [-0.2, -0.15) is 0 Å². The van der Waals surface area contributed by atoms with Gasteiger partial charge >= 0.3 is 0 Å². The van der Waals surface area contributed by atoms with Gasteiger partial charge in [-0.15, -0.1) is 0 Å². The molecule has 4 nitrogen and oxygen atoms in total. The summed E-state index contributed by atoms with van der Waals surface area (Å²) in [7, 11) is -3.49. The Balaban J connectivity index is 2.52. The maximum absolute atomic E-state index is 13.4. The van der Waals surface area contributed by atoms with Crippen molar-refractivity contribution in [3.05, 3.63) is 29.6 Å². The molecule has 0 radical (unpaired) electrons. The summed E-state index contributed by atoms with van der Waals surface area (Å²) < 4.78 is 39.3. The summed E-state index contributed by atoms with van der Waals surface area (Å²) in [6.45, 7) is 5.35. The molecule has 1 rings (SSSR count). The number of rotatable bonds is 8. The Morgan fingerprint density at radius 2 is 2.00 bits per heavy atom. The Morgan fingerprint density at radius 1 is 1.26 bits per heavy atom. The Bertz CT molecular complexity index is 503. The van der Waals surface area contributed by atoms with Crippen molar-refractivity contribution in [2.24, 2.45) is 0 Å². The van der Waals surface area contributed by atoms with Gasteiger partial charge in [0.05, 0.1) is 11.4 Å². The van der Waals surface area contributed by atoms with E-state index in [0.717, 1.165) is 18.5 Å². The summed E-state index contributed by atoms with van der Waals surface area (Å²) in [6, 6.07) is 4.35. The Morgan fingerprint density at radius 3 is 2.68 bits per heavy atom. The number of anilines is 1. The van der Waals surface area contributed by atoms with Crippen LogP contribution in [0.5, 0.6) is 0 Å². The van der Waals surface area contributed by atoms with Gasteiger partial charge in [-0.25, -0.2) is 12.8 Å². The average molecular weight is 288 g/mol. The lowest BCUT2D eigenvalue weighted by atomic mass is 10.2. The molecule has 6 heteroatoms. The SMILES string of the molecule is CCCNCCCS(=O)(=O)Nc1cc(C)ccc1F. The van der Waals surface area contributed by atoms with Gasteiger partial charge in [-0.1, -0.05) is 13.0 Å². The van der Waals surface area contributed by atoms with E-state index < -0.39 is 15.8 Å². The van der Waals surface area contributed by atoms with E-state index in [2.05, 4.69) is 10.0 Å². The molecule has 0 heterocycles. The van der Waals surface area contributed by atoms with Crippen LogP contribution in [0, 0.1) is 12.7 Å². The summed E-state index contributed by atoms with van der Waals surface area (Å²) in [4.78, 5) is 0. The third-order valence-electron chi connectivity index (χ3n) is 2.58. The Labute approximate surface area is 114 Å². The van der Waals surface area contributed by atoms with Gasteiger partial charge < -0.3 is 5.32 Å². The van der Waals surface area contributed by atoms with Crippen molar-refractivity contribution >= 4 is 15.7 Å². The van der Waals surface area contributed by atoms with E-state index in [-0.39, 0.29) is 11.4 Å². The second kappa shape index (κ2) is 7.45. The van der Waals surface area contributed by atoms with Crippen LogP contribution in [0.4, 0.5) is 10.1 Å². The van der Waals surface area contributed by atoms with E-state index in [1.54, 1.807) is 13.0 Å². The minimum absolute atomic E-state index is 0.0153. The molecule has 0 fully saturated rings. The number of hydrogen-bond donors (Lipinski definition) is 2. The zero-order chi connectivity index (χ0) is 14.3. The second-order valence-electron chi connectivity index (χ2n) is 4.51. The van der Waals surface area contributed by atoms with Crippen molar-refractivity contribution in [1.29, 1.82) is 0 Å². The van der Waals surface area contributed by atoms with Gasteiger partial charge in [0.1, 0.15) is 5.82 Å². The topological polar surface area (TPSA) is 58.2 Å². The number of aryl methyl sites for hydroxylation is 1. The van der Waals surface area contributed by atoms with E-state index in [9.17, 15) is 12.8 Å². The average Bonchev–Trinajstić information content (AvgIpc) is 2.33. The molecule has 2 N–H and O–H groups in total. The molecule has 1 aromatic rings. The predicted octanol–water partition coefficient (Wildman–Crippen LogP) is 2.27. The minimum Gasteiger partial charge on any atom is -0.317 e. The lowest BCUT2D eigenvalue weighted by Gasteiger charge is -2.09. The van der Waals surface area contributed by atoms with Crippen molar-refractivity contribution in [1.82, 2.24) is 5.32 Å². The van der Waals surface area contributed by atoms with Crippen LogP contribution >= 0.6 is 0 Å². The third-order valence-corrected chi connectivity index (χ3v) is 3.94. The van der Waals surface area contributed by atoms with Crippen LogP contribution in [-0.2, 0) is 10.0 Å². The predicted molar refractivity (Wildman–Crippen MR) is 76.3 cm³/mol. The summed E-state index contributed by atoms with van der Waals surface area (Å²) in [6.07, 6.45) is 1.52. The van der Waals surface area contributed by atoms with Crippen molar-refractivity contribution in [2.75, 3.05) is 23.6 Å². The molecule has 0 amide bonds. The molecule has 0 aromatic heterocycles. The van der Waals surface area contributed by atoms with Crippen molar-refractivity contribution in [3.63, 3.8) is 0 Å². The fraction of sp³-hybridized carbons (Fsp3) is 0.538. The van der Waals surface area contributed by atoms with Crippen LogP contribution in [0.25, 0.3) is 0 Å². The highest BCUT2D eigenvalue weighted by molar-refractivity contribution is 7.92. The lowest BCUT2D eigenvalue weighted by Crippen LogP contribution is -2.22. The third kappa shape index (κ3) is 6.02. The molecule has 0 spiro atoms. The first kappa shape index (κ1) is 15.9. The van der Waals surface area contributed by atoms with Crippen LogP contribution in [0.2, 0.25) is 0 Å². The number of benzene rings is 1. The first-order valence-corrected chi connectivity index (χ1v) is 8.07. The molecule has 19 heavy (non-hydrogen) atoms. The molecule has 0 bridgehead atoms. The van der Waals surface area contributed by atoms with E-state index in [1.165, 1.54) is 12.1 Å². The van der Waals surface area contributed by atoms with Gasteiger partial charge in [0, 0.05) is 0 Å². The number of hydrogen-bond acceptors (Lipinski definition) is 3. The minimum atomic E-state index is -3.49. The smallest absolute Gasteiger partial charge is 0.232 e. The van der Waals surface area contributed by atoms with E-state index in [1.807, 2.05) is 6.92 Å². The molecule has 0 saturated carbocycles. The summed E-state index contributed by atoms with van der Waals surface area (Å²) >= 11 is 0. The molecule has 108 valence electrons. The summed E-state index contributed by atoms with van der Waals surface area (Å²) in [5.74, 6) is -0.574. The van der Waals surface area contributed by atoms with Crippen molar-refractivity contribution < 1.29 is 12.8 Å². The largest absolute Gasteiger partial charge is 0.317 e.